The lowest BCUT2D eigenvalue weighted by atomic mass is 9.80. The van der Waals surface area contributed by atoms with Gasteiger partial charge in [-0.3, -0.25) is 14.5 Å². The zero-order chi connectivity index (χ0) is 39.1. The maximum atomic E-state index is 13.3. The summed E-state index contributed by atoms with van der Waals surface area (Å²) in [6, 6.07) is 6.27. The van der Waals surface area contributed by atoms with Gasteiger partial charge in [-0.1, -0.05) is 70.8 Å². The number of benzene rings is 1. The second-order valence-electron chi connectivity index (χ2n) is 18.3. The molecule has 0 spiro atoms. The summed E-state index contributed by atoms with van der Waals surface area (Å²) < 4.78 is 0. The lowest BCUT2D eigenvalue weighted by Gasteiger charge is -2.48. The van der Waals surface area contributed by atoms with Gasteiger partial charge < -0.3 is 34.8 Å². The molecule has 4 fully saturated rings. The van der Waals surface area contributed by atoms with Crippen LogP contribution in [0, 0.1) is 22.7 Å². The van der Waals surface area contributed by atoms with Crippen molar-refractivity contribution in [2.45, 2.75) is 112 Å². The molecule has 0 aromatic heterocycles. The van der Waals surface area contributed by atoms with Crippen LogP contribution in [-0.2, 0) is 16.1 Å². The Balaban J connectivity index is 0.000000251. The highest BCUT2D eigenvalue weighted by atomic mass is 35.5. The van der Waals surface area contributed by atoms with Gasteiger partial charge in [0.2, 0.25) is 11.8 Å². The van der Waals surface area contributed by atoms with Crippen molar-refractivity contribution < 1.29 is 19.6 Å². The normalized spacial score (nSPS) is 23.4. The molecule has 4 heterocycles. The molecule has 4 saturated heterocycles. The average Bonchev–Trinajstić information content (AvgIpc) is 3.10. The fourth-order valence-electron chi connectivity index (χ4n) is 8.49. The highest BCUT2D eigenvalue weighted by Gasteiger charge is 2.39. The third-order valence-corrected chi connectivity index (χ3v) is 12.8. The molecule has 0 bridgehead atoms. The Kier molecular flexibility index (Phi) is 16.5. The quantitative estimate of drug-likeness (QED) is 0.306. The summed E-state index contributed by atoms with van der Waals surface area (Å²) in [4.78, 5) is 36.9. The summed E-state index contributed by atoms with van der Waals surface area (Å²) in [7, 11) is -0.763. The minimum atomic E-state index is -0.398. The summed E-state index contributed by atoms with van der Waals surface area (Å²) in [5.41, 5.74) is 1.26. The first-order valence-electron chi connectivity index (χ1n) is 20.1. The number of hydrogen-bond donors (Lipinski definition) is 3. The van der Waals surface area contributed by atoms with Gasteiger partial charge in [-0.05, 0) is 106 Å². The number of nitrogens with zero attached hydrogens (tertiary/aromatic N) is 5. The molecule has 0 saturated carbocycles. The SMILES string of the molecule is CB(O)N1CCC(CC(=O)N2CCN(Cc3ccc(Cl)c(Cl)c3)C[C@@H]2C(C)(C)C)CC1.CB(O)N1CCC(CC(=O)N2CCNC[C@@H]2C(C)(C)C)CC1. The van der Waals surface area contributed by atoms with Crippen LogP contribution >= 0.6 is 23.2 Å². The number of piperazine rings is 2. The molecule has 1 aromatic rings. The van der Waals surface area contributed by atoms with Gasteiger partial charge in [-0.2, -0.15) is 0 Å². The van der Waals surface area contributed by atoms with Crippen molar-refractivity contribution in [2.75, 3.05) is 65.4 Å². The molecule has 0 unspecified atom stereocenters. The number of nitrogens with one attached hydrogen (secondary N) is 1. The van der Waals surface area contributed by atoms with E-state index in [1.165, 1.54) is 0 Å². The van der Waals surface area contributed by atoms with E-state index in [1.54, 1.807) is 0 Å². The molecule has 4 aliphatic rings. The Hall–Kier alpha value is -1.37. The Morgan fingerprint density at radius 3 is 1.68 bits per heavy atom. The molecule has 0 aliphatic carbocycles. The van der Waals surface area contributed by atoms with Crippen LogP contribution in [-0.4, -0.2) is 138 Å². The second kappa shape index (κ2) is 19.7. The molecule has 2 amide bonds. The Labute approximate surface area is 331 Å². The molecule has 3 N–H and O–H groups in total. The molecule has 0 radical (unpaired) electrons. The van der Waals surface area contributed by atoms with Gasteiger partial charge in [0, 0.05) is 70.7 Å². The summed E-state index contributed by atoms with van der Waals surface area (Å²) in [6.07, 6.45) is 5.28. The molecular weight excluding hydrogens is 709 g/mol. The number of halogens is 2. The van der Waals surface area contributed by atoms with E-state index >= 15 is 0 Å². The van der Waals surface area contributed by atoms with Crippen molar-refractivity contribution in [2.24, 2.45) is 22.7 Å². The van der Waals surface area contributed by atoms with Crippen molar-refractivity contribution in [3.8, 4) is 0 Å². The summed E-state index contributed by atoms with van der Waals surface area (Å²) in [5, 5.41) is 24.0. The highest BCUT2D eigenvalue weighted by molar-refractivity contribution is 6.45. The van der Waals surface area contributed by atoms with Crippen LogP contribution in [0.5, 0.6) is 0 Å². The van der Waals surface area contributed by atoms with Crippen molar-refractivity contribution >= 4 is 49.1 Å². The molecule has 1 aromatic carbocycles. The first kappa shape index (κ1) is 44.3. The van der Waals surface area contributed by atoms with E-state index in [1.807, 2.05) is 31.8 Å². The van der Waals surface area contributed by atoms with Crippen LogP contribution in [0.2, 0.25) is 23.7 Å². The zero-order valence-electron chi connectivity index (χ0n) is 33.9. The highest BCUT2D eigenvalue weighted by Crippen LogP contribution is 2.32. The van der Waals surface area contributed by atoms with E-state index in [0.29, 0.717) is 40.6 Å². The Morgan fingerprint density at radius 1 is 0.736 bits per heavy atom. The molecule has 298 valence electrons. The Bertz CT molecular complexity index is 1330. The third-order valence-electron chi connectivity index (χ3n) is 12.0. The minimum absolute atomic E-state index is 0.00164. The molecule has 5 rings (SSSR count). The van der Waals surface area contributed by atoms with Crippen LogP contribution in [0.4, 0.5) is 0 Å². The maximum Gasteiger partial charge on any atom is 0.376 e. The van der Waals surface area contributed by atoms with E-state index in [2.05, 4.69) is 71.2 Å². The third kappa shape index (κ3) is 13.1. The summed E-state index contributed by atoms with van der Waals surface area (Å²) in [6.45, 7) is 26.4. The molecule has 4 aliphatic heterocycles. The first-order valence-corrected chi connectivity index (χ1v) is 20.9. The number of rotatable bonds is 8. The summed E-state index contributed by atoms with van der Waals surface area (Å²) >= 11 is 12.3. The van der Waals surface area contributed by atoms with E-state index in [9.17, 15) is 19.6 Å². The topological polar surface area (TPSA) is 103 Å². The van der Waals surface area contributed by atoms with Crippen LogP contribution in [0.1, 0.15) is 85.6 Å². The van der Waals surface area contributed by atoms with Crippen molar-refractivity contribution in [1.82, 2.24) is 29.6 Å². The van der Waals surface area contributed by atoms with E-state index in [0.717, 1.165) is 103 Å². The van der Waals surface area contributed by atoms with Crippen LogP contribution < -0.4 is 5.32 Å². The molecule has 14 heteroatoms. The number of piperidine rings is 2. The zero-order valence-corrected chi connectivity index (χ0v) is 35.4. The van der Waals surface area contributed by atoms with E-state index in [-0.39, 0.29) is 35.9 Å². The van der Waals surface area contributed by atoms with Crippen LogP contribution in [0.3, 0.4) is 0 Å². The van der Waals surface area contributed by atoms with Crippen molar-refractivity contribution in [3.05, 3.63) is 33.8 Å². The van der Waals surface area contributed by atoms with Crippen LogP contribution in [0.25, 0.3) is 0 Å². The summed E-state index contributed by atoms with van der Waals surface area (Å²) in [5.74, 6) is 1.48. The monoisotopic (exact) mass is 776 g/mol. The minimum Gasteiger partial charge on any atom is -0.437 e. The van der Waals surface area contributed by atoms with Crippen LogP contribution in [0.15, 0.2) is 18.2 Å². The van der Waals surface area contributed by atoms with Gasteiger partial charge in [-0.25, -0.2) is 0 Å². The van der Waals surface area contributed by atoms with Gasteiger partial charge in [0.1, 0.15) is 0 Å². The number of carbonyl (C=O) groups is 2. The average molecular weight is 778 g/mol. The van der Waals surface area contributed by atoms with E-state index in [4.69, 9.17) is 23.2 Å². The van der Waals surface area contributed by atoms with E-state index < -0.39 is 7.05 Å². The standard InChI is InChI=1S/C23H36BCl2N3O2.C16H32BN3O2/c1-23(2,3)21-16-27(15-18-5-6-19(25)20(26)13-18)11-12-29(21)22(30)14-17-7-9-28(10-8-17)24(4)31;1-16(2,3)14-12-18-7-10-20(14)15(21)11-13-5-8-19(9-6-13)17(4)22/h5-6,13,17,21,31H,7-12,14-16H2,1-4H3;13-14,18,22H,5-12H2,1-4H3/t21-;14-/m11/s1. The number of hydrogen-bond acceptors (Lipinski definition) is 8. The van der Waals surface area contributed by atoms with Gasteiger partial charge in [-0.15, -0.1) is 0 Å². The predicted octanol–water partition coefficient (Wildman–Crippen LogP) is 5.31. The molecular formula is C39H68B2Cl2N6O4. The van der Waals surface area contributed by atoms with Gasteiger partial charge in [0.25, 0.3) is 0 Å². The fraction of sp³-hybridized carbons (Fsp3) is 0.795. The first-order chi connectivity index (χ1) is 24.8. The molecule has 53 heavy (non-hydrogen) atoms. The second-order valence-corrected chi connectivity index (χ2v) is 19.1. The van der Waals surface area contributed by atoms with Gasteiger partial charge in [0.15, 0.2) is 0 Å². The Morgan fingerprint density at radius 2 is 1.23 bits per heavy atom. The smallest absolute Gasteiger partial charge is 0.376 e. The number of amides is 2. The largest absolute Gasteiger partial charge is 0.437 e. The lowest BCUT2D eigenvalue weighted by Crippen LogP contribution is -2.59. The molecule has 10 nitrogen and oxygen atoms in total. The van der Waals surface area contributed by atoms with Crippen molar-refractivity contribution in [1.29, 1.82) is 0 Å². The van der Waals surface area contributed by atoms with Crippen molar-refractivity contribution in [3.63, 3.8) is 0 Å². The predicted molar refractivity (Wildman–Crippen MR) is 220 cm³/mol. The lowest BCUT2D eigenvalue weighted by molar-refractivity contribution is -0.141. The fourth-order valence-corrected chi connectivity index (χ4v) is 8.81. The number of carbonyl (C=O) groups excluding carboxylic acids is 2. The molecule has 2 atom stereocenters. The maximum absolute atomic E-state index is 13.3. The van der Waals surface area contributed by atoms with Gasteiger partial charge >= 0.3 is 14.1 Å². The van der Waals surface area contributed by atoms with Gasteiger partial charge in [0.05, 0.1) is 10.0 Å².